The van der Waals surface area contributed by atoms with E-state index in [0.717, 1.165) is 12.8 Å². The third kappa shape index (κ3) is 2.85. The molecule has 0 amide bonds. The molecule has 90 valence electrons. The summed E-state index contributed by atoms with van der Waals surface area (Å²) in [5, 5.41) is 12.3. The molecule has 0 bridgehead atoms. The SMILES string of the molecule is COC1CC(NC(C)c2ccc(C#N)cc2)C1. The molecule has 1 fully saturated rings. The monoisotopic (exact) mass is 230 g/mol. The highest BCUT2D eigenvalue weighted by Gasteiger charge is 2.29. The lowest BCUT2D eigenvalue weighted by atomic mass is 9.88. The van der Waals surface area contributed by atoms with Crippen molar-refractivity contribution in [3.8, 4) is 6.07 Å². The van der Waals surface area contributed by atoms with Gasteiger partial charge in [0.1, 0.15) is 0 Å². The van der Waals surface area contributed by atoms with Crippen molar-refractivity contribution < 1.29 is 4.74 Å². The lowest BCUT2D eigenvalue weighted by Gasteiger charge is -2.36. The Bertz CT molecular complexity index is 401. The fraction of sp³-hybridized carbons (Fsp3) is 0.500. The zero-order valence-electron chi connectivity index (χ0n) is 10.3. The highest BCUT2D eigenvalue weighted by atomic mass is 16.5. The first kappa shape index (κ1) is 12.1. The van der Waals surface area contributed by atoms with E-state index in [-0.39, 0.29) is 0 Å². The quantitative estimate of drug-likeness (QED) is 0.863. The summed E-state index contributed by atoms with van der Waals surface area (Å²) in [7, 11) is 1.77. The molecule has 1 aromatic carbocycles. The van der Waals surface area contributed by atoms with E-state index in [9.17, 15) is 0 Å². The van der Waals surface area contributed by atoms with E-state index in [1.807, 2.05) is 24.3 Å². The molecule has 17 heavy (non-hydrogen) atoms. The number of nitriles is 1. The Morgan fingerprint density at radius 2 is 2.00 bits per heavy atom. The van der Waals surface area contributed by atoms with Gasteiger partial charge in [0, 0.05) is 19.2 Å². The summed E-state index contributed by atoms with van der Waals surface area (Å²) in [5.41, 5.74) is 1.94. The van der Waals surface area contributed by atoms with Crippen LogP contribution in [-0.4, -0.2) is 19.3 Å². The standard InChI is InChI=1S/C14H18N2O/c1-10(16-13-7-14(8-13)17-2)12-5-3-11(9-15)4-6-12/h3-6,10,13-14,16H,7-8H2,1-2H3. The maximum Gasteiger partial charge on any atom is 0.0991 e. The molecule has 0 aliphatic heterocycles. The van der Waals surface area contributed by atoms with E-state index in [4.69, 9.17) is 10.00 Å². The van der Waals surface area contributed by atoms with E-state index in [0.29, 0.717) is 23.8 Å². The predicted molar refractivity (Wildman–Crippen MR) is 66.5 cm³/mol. The van der Waals surface area contributed by atoms with E-state index in [1.54, 1.807) is 7.11 Å². The molecule has 1 aromatic rings. The molecule has 0 saturated heterocycles. The number of hydrogen-bond acceptors (Lipinski definition) is 3. The van der Waals surface area contributed by atoms with Crippen LogP contribution in [0.5, 0.6) is 0 Å². The third-order valence-electron chi connectivity index (χ3n) is 3.45. The van der Waals surface area contributed by atoms with Crippen molar-refractivity contribution in [2.75, 3.05) is 7.11 Å². The Morgan fingerprint density at radius 1 is 1.35 bits per heavy atom. The van der Waals surface area contributed by atoms with Crippen LogP contribution >= 0.6 is 0 Å². The number of rotatable bonds is 4. The fourth-order valence-electron chi connectivity index (χ4n) is 2.19. The lowest BCUT2D eigenvalue weighted by Crippen LogP contribution is -2.45. The van der Waals surface area contributed by atoms with Gasteiger partial charge in [-0.15, -0.1) is 0 Å². The Morgan fingerprint density at radius 3 is 2.53 bits per heavy atom. The molecular formula is C14H18N2O. The Hall–Kier alpha value is -1.37. The lowest BCUT2D eigenvalue weighted by molar-refractivity contribution is 0.0147. The second-order valence-corrected chi connectivity index (χ2v) is 4.65. The van der Waals surface area contributed by atoms with Gasteiger partial charge >= 0.3 is 0 Å². The summed E-state index contributed by atoms with van der Waals surface area (Å²) in [6.45, 7) is 2.15. The molecule has 0 aromatic heterocycles. The Labute approximate surface area is 102 Å². The van der Waals surface area contributed by atoms with Crippen molar-refractivity contribution >= 4 is 0 Å². The first-order valence-corrected chi connectivity index (χ1v) is 6.02. The first-order valence-electron chi connectivity index (χ1n) is 6.02. The minimum Gasteiger partial charge on any atom is -0.381 e. The van der Waals surface area contributed by atoms with Crippen molar-refractivity contribution in [2.24, 2.45) is 0 Å². The van der Waals surface area contributed by atoms with Crippen LogP contribution in [0.15, 0.2) is 24.3 Å². The molecule has 0 heterocycles. The van der Waals surface area contributed by atoms with Crippen LogP contribution in [-0.2, 0) is 4.74 Å². The van der Waals surface area contributed by atoms with Crippen LogP contribution in [0.4, 0.5) is 0 Å². The summed E-state index contributed by atoms with van der Waals surface area (Å²) in [4.78, 5) is 0. The summed E-state index contributed by atoms with van der Waals surface area (Å²) in [5.74, 6) is 0. The Balaban J connectivity index is 1.87. The van der Waals surface area contributed by atoms with E-state index < -0.39 is 0 Å². The van der Waals surface area contributed by atoms with Gasteiger partial charge in [-0.3, -0.25) is 0 Å². The van der Waals surface area contributed by atoms with Gasteiger partial charge in [-0.25, -0.2) is 0 Å². The van der Waals surface area contributed by atoms with E-state index in [2.05, 4.69) is 18.3 Å². The van der Waals surface area contributed by atoms with Crippen LogP contribution in [0.25, 0.3) is 0 Å². The molecule has 2 rings (SSSR count). The largest absolute Gasteiger partial charge is 0.381 e. The maximum absolute atomic E-state index is 8.74. The molecule has 3 heteroatoms. The van der Waals surface area contributed by atoms with Gasteiger partial charge in [-0.05, 0) is 37.5 Å². The van der Waals surface area contributed by atoms with Gasteiger partial charge in [0.25, 0.3) is 0 Å². The van der Waals surface area contributed by atoms with Crippen molar-refractivity contribution in [3.63, 3.8) is 0 Å². The number of nitrogens with zero attached hydrogens (tertiary/aromatic N) is 1. The molecule has 0 radical (unpaired) electrons. The summed E-state index contributed by atoms with van der Waals surface area (Å²) in [6, 6.07) is 10.8. The molecule has 1 saturated carbocycles. The third-order valence-corrected chi connectivity index (χ3v) is 3.45. The number of methoxy groups -OCH3 is 1. The van der Waals surface area contributed by atoms with Crippen LogP contribution < -0.4 is 5.32 Å². The summed E-state index contributed by atoms with van der Waals surface area (Å²) >= 11 is 0. The molecular weight excluding hydrogens is 212 g/mol. The highest BCUT2D eigenvalue weighted by molar-refractivity contribution is 5.32. The predicted octanol–water partition coefficient (Wildman–Crippen LogP) is 2.39. The van der Waals surface area contributed by atoms with E-state index >= 15 is 0 Å². The second kappa shape index (κ2) is 5.31. The van der Waals surface area contributed by atoms with Crippen molar-refractivity contribution in [1.29, 1.82) is 5.26 Å². The molecule has 3 nitrogen and oxygen atoms in total. The average Bonchev–Trinajstić information content (AvgIpc) is 2.33. The van der Waals surface area contributed by atoms with Gasteiger partial charge in [0.05, 0.1) is 17.7 Å². The summed E-state index contributed by atoms with van der Waals surface area (Å²) in [6.07, 6.45) is 2.62. The Kier molecular flexibility index (Phi) is 3.78. The highest BCUT2D eigenvalue weighted by Crippen LogP contribution is 2.25. The van der Waals surface area contributed by atoms with Crippen LogP contribution in [0, 0.1) is 11.3 Å². The van der Waals surface area contributed by atoms with Crippen molar-refractivity contribution in [3.05, 3.63) is 35.4 Å². The number of ether oxygens (including phenoxy) is 1. The molecule has 1 atom stereocenters. The zero-order valence-corrected chi connectivity index (χ0v) is 10.3. The number of hydrogen-bond donors (Lipinski definition) is 1. The molecule has 1 aliphatic rings. The van der Waals surface area contributed by atoms with Crippen molar-refractivity contribution in [2.45, 2.75) is 38.0 Å². The zero-order chi connectivity index (χ0) is 12.3. The smallest absolute Gasteiger partial charge is 0.0991 e. The number of benzene rings is 1. The molecule has 1 aliphatic carbocycles. The van der Waals surface area contributed by atoms with Gasteiger partial charge < -0.3 is 10.1 Å². The maximum atomic E-state index is 8.74. The summed E-state index contributed by atoms with van der Waals surface area (Å²) < 4.78 is 5.26. The van der Waals surface area contributed by atoms with Gasteiger partial charge in [0.2, 0.25) is 0 Å². The van der Waals surface area contributed by atoms with Crippen LogP contribution in [0.1, 0.15) is 36.9 Å². The fourth-order valence-corrected chi connectivity index (χ4v) is 2.19. The number of nitrogens with one attached hydrogen (secondary N) is 1. The van der Waals surface area contributed by atoms with Crippen LogP contribution in [0.3, 0.4) is 0 Å². The average molecular weight is 230 g/mol. The molecule has 1 unspecified atom stereocenters. The topological polar surface area (TPSA) is 45.0 Å². The minimum absolute atomic E-state index is 0.325. The molecule has 0 spiro atoms. The van der Waals surface area contributed by atoms with Gasteiger partial charge in [0.15, 0.2) is 0 Å². The minimum atomic E-state index is 0.325. The molecule has 1 N–H and O–H groups in total. The van der Waals surface area contributed by atoms with Crippen molar-refractivity contribution in [1.82, 2.24) is 5.32 Å². The van der Waals surface area contributed by atoms with Gasteiger partial charge in [-0.1, -0.05) is 12.1 Å². The second-order valence-electron chi connectivity index (χ2n) is 4.65. The first-order chi connectivity index (χ1) is 8.22. The van der Waals surface area contributed by atoms with E-state index in [1.165, 1.54) is 5.56 Å². The van der Waals surface area contributed by atoms with Crippen LogP contribution in [0.2, 0.25) is 0 Å². The normalized spacial score (nSPS) is 24.8. The van der Waals surface area contributed by atoms with Gasteiger partial charge in [-0.2, -0.15) is 5.26 Å².